The third kappa shape index (κ3) is 3.12. The first kappa shape index (κ1) is 20.7. The summed E-state index contributed by atoms with van der Waals surface area (Å²) < 4.78 is 0. The zero-order chi connectivity index (χ0) is 22.6. The summed E-state index contributed by atoms with van der Waals surface area (Å²) in [6.07, 6.45) is 3.53. The van der Waals surface area contributed by atoms with Crippen LogP contribution in [0.1, 0.15) is 40.1 Å². The zero-order valence-electron chi connectivity index (χ0n) is 17.5. The van der Waals surface area contributed by atoms with E-state index in [4.69, 9.17) is 23.2 Å². The number of Topliss-reactive ketones (excluding diaryl/α,β-unsaturated/α-hetero) is 2. The number of benzene rings is 3. The molecule has 5 heteroatoms. The van der Waals surface area contributed by atoms with Crippen LogP contribution in [0, 0.1) is 0 Å². The second-order valence-electron chi connectivity index (χ2n) is 8.43. The van der Waals surface area contributed by atoms with Gasteiger partial charge in [0.1, 0.15) is 0 Å². The maximum atomic E-state index is 12.9. The molecule has 3 aromatic carbocycles. The van der Waals surface area contributed by atoms with Crippen LogP contribution < -0.4 is 4.90 Å². The van der Waals surface area contributed by atoms with E-state index in [1.54, 1.807) is 30.3 Å². The predicted molar refractivity (Wildman–Crippen MR) is 129 cm³/mol. The Labute approximate surface area is 196 Å². The largest absolute Gasteiger partial charge is 0.313 e. The minimum absolute atomic E-state index is 0.180. The Kier molecular flexibility index (Phi) is 4.85. The predicted octanol–water partition coefficient (Wildman–Crippen LogP) is 7.31. The molecule has 3 aromatic rings. The molecule has 0 aromatic heterocycles. The fourth-order valence-corrected chi connectivity index (χ4v) is 4.79. The third-order valence-corrected chi connectivity index (χ3v) is 6.64. The van der Waals surface area contributed by atoms with Crippen LogP contribution in [-0.2, 0) is 5.41 Å². The number of fused-ring (bicyclic) bond motifs is 2. The van der Waals surface area contributed by atoms with Gasteiger partial charge >= 0.3 is 0 Å². The normalized spacial score (nSPS) is 17.7. The van der Waals surface area contributed by atoms with Crippen LogP contribution in [0.3, 0.4) is 0 Å². The second kappa shape index (κ2) is 7.47. The highest BCUT2D eigenvalue weighted by molar-refractivity contribution is 6.39. The maximum Gasteiger partial charge on any atom is 0.197 e. The molecule has 0 saturated carbocycles. The SMILES string of the molecule is CC1(C)/C(=C\C=C2C(=O)c3ccccc3C2=O)N(c2ccc(Cl)cc2)c2ccc(Cl)cc21. The number of hydrogen-bond acceptors (Lipinski definition) is 3. The molecule has 0 bridgehead atoms. The lowest BCUT2D eigenvalue weighted by Gasteiger charge is -2.27. The van der Waals surface area contributed by atoms with Crippen LogP contribution in [-0.4, -0.2) is 11.6 Å². The van der Waals surface area contributed by atoms with E-state index in [1.807, 2.05) is 48.5 Å². The Morgan fingerprint density at radius 3 is 2.00 bits per heavy atom. The third-order valence-electron chi connectivity index (χ3n) is 6.15. The van der Waals surface area contributed by atoms with Crippen LogP contribution >= 0.6 is 23.2 Å². The van der Waals surface area contributed by atoms with Crippen molar-refractivity contribution in [1.82, 2.24) is 0 Å². The summed E-state index contributed by atoms with van der Waals surface area (Å²) in [7, 11) is 0. The summed E-state index contributed by atoms with van der Waals surface area (Å²) in [5.41, 5.74) is 4.61. The highest BCUT2D eigenvalue weighted by Crippen LogP contribution is 2.52. The Balaban J connectivity index is 1.67. The summed E-state index contributed by atoms with van der Waals surface area (Å²) in [5.74, 6) is -0.478. The number of hydrogen-bond donors (Lipinski definition) is 0. The van der Waals surface area contributed by atoms with E-state index in [9.17, 15) is 9.59 Å². The molecular formula is C27H19Cl2NO2. The Bertz CT molecular complexity index is 1310. The summed E-state index contributed by atoms with van der Waals surface area (Å²) in [6, 6.07) is 20.3. The zero-order valence-corrected chi connectivity index (χ0v) is 19.0. The first-order valence-electron chi connectivity index (χ1n) is 10.3. The Morgan fingerprint density at radius 2 is 1.38 bits per heavy atom. The van der Waals surface area contributed by atoms with E-state index in [0.29, 0.717) is 21.2 Å². The lowest BCUT2D eigenvalue weighted by atomic mass is 9.83. The van der Waals surface area contributed by atoms with Crippen molar-refractivity contribution in [2.24, 2.45) is 0 Å². The molecule has 2 aliphatic rings. The van der Waals surface area contributed by atoms with Gasteiger partial charge < -0.3 is 4.90 Å². The number of nitrogens with zero attached hydrogens (tertiary/aromatic N) is 1. The van der Waals surface area contributed by atoms with Crippen molar-refractivity contribution in [3.63, 3.8) is 0 Å². The molecule has 1 aliphatic carbocycles. The quantitative estimate of drug-likeness (QED) is 0.297. The summed E-state index contributed by atoms with van der Waals surface area (Å²) in [4.78, 5) is 27.8. The number of halogens is 2. The molecule has 0 amide bonds. The average molecular weight is 460 g/mol. The van der Waals surface area contributed by atoms with Crippen LogP contribution in [0.25, 0.3) is 0 Å². The average Bonchev–Trinajstić information content (AvgIpc) is 3.15. The van der Waals surface area contributed by atoms with Crippen molar-refractivity contribution in [2.45, 2.75) is 19.3 Å². The fraction of sp³-hybridized carbons (Fsp3) is 0.111. The van der Waals surface area contributed by atoms with E-state index < -0.39 is 5.41 Å². The van der Waals surface area contributed by atoms with Crippen molar-refractivity contribution in [1.29, 1.82) is 0 Å². The molecule has 0 spiro atoms. The van der Waals surface area contributed by atoms with Gasteiger partial charge in [-0.1, -0.05) is 61.3 Å². The molecule has 3 nitrogen and oxygen atoms in total. The standard InChI is InChI=1S/C27H19Cl2NO2/c1-27(2)22-15-17(29)9-13-23(22)30(18-10-7-16(28)8-11-18)24(27)14-12-21-25(31)19-5-3-4-6-20(19)26(21)32/h3-15H,1-2H3/b24-14+. The molecule has 0 radical (unpaired) electrons. The van der Waals surface area contributed by atoms with Crippen molar-refractivity contribution in [3.05, 3.63) is 117 Å². The lowest BCUT2D eigenvalue weighted by molar-refractivity contribution is 0.0989. The van der Waals surface area contributed by atoms with Crippen molar-refractivity contribution >= 4 is 46.1 Å². The van der Waals surface area contributed by atoms with Gasteiger partial charge in [-0.05, 0) is 60.2 Å². The molecule has 32 heavy (non-hydrogen) atoms. The number of anilines is 2. The highest BCUT2D eigenvalue weighted by atomic mass is 35.5. The van der Waals surface area contributed by atoms with Crippen molar-refractivity contribution < 1.29 is 9.59 Å². The van der Waals surface area contributed by atoms with Crippen LogP contribution in [0.2, 0.25) is 10.0 Å². The molecule has 158 valence electrons. The molecule has 0 unspecified atom stereocenters. The second-order valence-corrected chi connectivity index (χ2v) is 9.31. The number of rotatable bonds is 2. The fourth-order valence-electron chi connectivity index (χ4n) is 4.49. The Hall–Kier alpha value is -3.14. The van der Waals surface area contributed by atoms with Crippen LogP contribution in [0.5, 0.6) is 0 Å². The van der Waals surface area contributed by atoms with Crippen molar-refractivity contribution in [3.8, 4) is 0 Å². The molecule has 5 rings (SSSR count). The van der Waals surface area contributed by atoms with Gasteiger partial charge in [-0.2, -0.15) is 0 Å². The summed E-state index contributed by atoms with van der Waals surface area (Å²) >= 11 is 12.4. The van der Waals surface area contributed by atoms with Gasteiger partial charge in [-0.15, -0.1) is 0 Å². The van der Waals surface area contributed by atoms with Gasteiger partial charge in [0.15, 0.2) is 11.6 Å². The lowest BCUT2D eigenvalue weighted by Crippen LogP contribution is -2.22. The molecular weight excluding hydrogens is 441 g/mol. The number of ketones is 2. The summed E-state index contributed by atoms with van der Waals surface area (Å²) in [5, 5.41) is 1.31. The monoisotopic (exact) mass is 459 g/mol. The molecule has 1 aliphatic heterocycles. The van der Waals surface area contributed by atoms with Gasteiger partial charge in [0.2, 0.25) is 0 Å². The maximum absolute atomic E-state index is 12.9. The first-order chi connectivity index (χ1) is 15.3. The highest BCUT2D eigenvalue weighted by Gasteiger charge is 2.41. The molecule has 0 fully saturated rings. The van der Waals surface area contributed by atoms with E-state index in [1.165, 1.54) is 0 Å². The van der Waals surface area contributed by atoms with Crippen molar-refractivity contribution in [2.75, 3.05) is 4.90 Å². The van der Waals surface area contributed by atoms with E-state index in [0.717, 1.165) is 22.6 Å². The number of carbonyl (C=O) groups is 2. The summed E-state index contributed by atoms with van der Waals surface area (Å²) in [6.45, 7) is 4.21. The van der Waals surface area contributed by atoms with Gasteiger partial charge in [-0.25, -0.2) is 0 Å². The number of allylic oxidation sites excluding steroid dienone is 4. The van der Waals surface area contributed by atoms with Gasteiger partial charge in [-0.3, -0.25) is 9.59 Å². The van der Waals surface area contributed by atoms with Crippen LogP contribution in [0.4, 0.5) is 11.4 Å². The van der Waals surface area contributed by atoms with Crippen LogP contribution in [0.15, 0.2) is 90.2 Å². The molecule has 1 heterocycles. The minimum Gasteiger partial charge on any atom is -0.313 e. The molecule has 0 N–H and O–H groups in total. The first-order valence-corrected chi connectivity index (χ1v) is 11.0. The Morgan fingerprint density at radius 1 is 0.781 bits per heavy atom. The van der Waals surface area contributed by atoms with E-state index in [2.05, 4.69) is 18.7 Å². The van der Waals surface area contributed by atoms with Gasteiger partial charge in [0, 0.05) is 38.0 Å². The van der Waals surface area contributed by atoms with Gasteiger partial charge in [0.25, 0.3) is 0 Å². The minimum atomic E-state index is -0.408. The van der Waals surface area contributed by atoms with E-state index in [-0.39, 0.29) is 17.1 Å². The topological polar surface area (TPSA) is 37.4 Å². The van der Waals surface area contributed by atoms with E-state index >= 15 is 0 Å². The smallest absolute Gasteiger partial charge is 0.197 e. The molecule has 0 saturated heterocycles. The van der Waals surface area contributed by atoms with Gasteiger partial charge in [0.05, 0.1) is 11.3 Å². The molecule has 0 atom stereocenters. The number of carbonyl (C=O) groups excluding carboxylic acids is 2.